The third-order valence-corrected chi connectivity index (χ3v) is 5.81. The second-order valence-corrected chi connectivity index (χ2v) is 7.61. The number of hydrogen-bond acceptors (Lipinski definition) is 4. The molecule has 0 saturated heterocycles. The Kier molecular flexibility index (Phi) is 6.39. The molecule has 8 heteroatoms. The van der Waals surface area contributed by atoms with Crippen molar-refractivity contribution in [2.75, 3.05) is 7.11 Å². The lowest BCUT2D eigenvalue weighted by atomic mass is 10.0. The number of benzene rings is 1. The molecule has 0 aliphatic heterocycles. The zero-order valence-corrected chi connectivity index (χ0v) is 15.3. The summed E-state index contributed by atoms with van der Waals surface area (Å²) in [6, 6.07) is 1.80. The molecular weight excluding hydrogens is 374 g/mol. The summed E-state index contributed by atoms with van der Waals surface area (Å²) in [5.41, 5.74) is 0.813. The first-order chi connectivity index (χ1) is 10.1. The van der Waals surface area contributed by atoms with Crippen LogP contribution in [0.25, 0.3) is 0 Å². The summed E-state index contributed by atoms with van der Waals surface area (Å²) in [7, 11) is -2.66. The largest absolute Gasteiger partial charge is 0.495 e. The minimum atomic E-state index is -4.03. The zero-order chi connectivity index (χ0) is 17.1. The monoisotopic (exact) mass is 393 g/mol. The van der Waals surface area contributed by atoms with Crippen LogP contribution in [-0.4, -0.2) is 32.6 Å². The van der Waals surface area contributed by atoms with E-state index < -0.39 is 22.0 Å². The Bertz CT molecular complexity index is 659. The average molecular weight is 394 g/mol. The Morgan fingerprint density at radius 1 is 1.45 bits per heavy atom. The van der Waals surface area contributed by atoms with Gasteiger partial charge in [0.05, 0.1) is 7.11 Å². The molecule has 124 valence electrons. The highest BCUT2D eigenvalue weighted by Gasteiger charge is 2.31. The zero-order valence-electron chi connectivity index (χ0n) is 12.9. The highest BCUT2D eigenvalue weighted by atomic mass is 79.9. The van der Waals surface area contributed by atoms with E-state index in [4.69, 9.17) is 4.74 Å². The van der Waals surface area contributed by atoms with E-state index in [0.29, 0.717) is 10.9 Å². The summed E-state index contributed by atoms with van der Waals surface area (Å²) in [6.07, 6.45) is 0.536. The van der Waals surface area contributed by atoms with Crippen LogP contribution >= 0.6 is 15.9 Å². The van der Waals surface area contributed by atoms with Crippen molar-refractivity contribution in [1.82, 2.24) is 4.72 Å². The van der Waals surface area contributed by atoms with Gasteiger partial charge in [-0.1, -0.05) is 36.2 Å². The van der Waals surface area contributed by atoms with Gasteiger partial charge in [0, 0.05) is 4.47 Å². The molecule has 1 aromatic rings. The van der Waals surface area contributed by atoms with Crippen LogP contribution in [-0.2, 0) is 14.8 Å². The Morgan fingerprint density at radius 3 is 2.50 bits per heavy atom. The van der Waals surface area contributed by atoms with Crippen LogP contribution in [0, 0.1) is 12.8 Å². The molecule has 0 saturated carbocycles. The maximum Gasteiger partial charge on any atom is 0.322 e. The lowest BCUT2D eigenvalue weighted by Crippen LogP contribution is -2.44. The Morgan fingerprint density at radius 2 is 2.05 bits per heavy atom. The van der Waals surface area contributed by atoms with E-state index in [1.54, 1.807) is 26.8 Å². The molecule has 0 aromatic heterocycles. The van der Waals surface area contributed by atoms with E-state index in [2.05, 4.69) is 20.7 Å². The number of ether oxygens (including phenoxy) is 1. The number of carboxylic acid groups (broad SMARTS) is 1. The molecule has 0 radical (unpaired) electrons. The highest BCUT2D eigenvalue weighted by molar-refractivity contribution is 9.10. The predicted molar refractivity (Wildman–Crippen MR) is 86.6 cm³/mol. The molecule has 0 unspecified atom stereocenters. The minimum absolute atomic E-state index is 0.0953. The molecule has 0 aliphatic carbocycles. The highest BCUT2D eigenvalue weighted by Crippen LogP contribution is 2.30. The number of carbonyl (C=O) groups is 1. The van der Waals surface area contributed by atoms with Crippen LogP contribution in [0.15, 0.2) is 21.5 Å². The van der Waals surface area contributed by atoms with Crippen LogP contribution in [0.1, 0.15) is 25.8 Å². The lowest BCUT2D eigenvalue weighted by Gasteiger charge is -2.21. The molecule has 1 aromatic carbocycles. The van der Waals surface area contributed by atoms with Crippen molar-refractivity contribution >= 4 is 31.9 Å². The van der Waals surface area contributed by atoms with Gasteiger partial charge in [-0.15, -0.1) is 0 Å². The number of aliphatic carboxylic acids is 1. The molecule has 0 spiro atoms. The molecular formula is C14H20BrNO5S. The summed E-state index contributed by atoms with van der Waals surface area (Å²) < 4.78 is 33.0. The van der Waals surface area contributed by atoms with Crippen molar-refractivity contribution in [1.29, 1.82) is 0 Å². The number of aryl methyl sites for hydroxylation is 1. The molecule has 22 heavy (non-hydrogen) atoms. The van der Waals surface area contributed by atoms with Crippen LogP contribution in [0.5, 0.6) is 5.75 Å². The molecule has 2 atom stereocenters. The molecule has 0 amide bonds. The van der Waals surface area contributed by atoms with Crippen LogP contribution < -0.4 is 9.46 Å². The van der Waals surface area contributed by atoms with Crippen molar-refractivity contribution in [3.63, 3.8) is 0 Å². The number of carboxylic acids is 1. The maximum absolute atomic E-state index is 12.5. The molecule has 0 heterocycles. The fraction of sp³-hybridized carbons (Fsp3) is 0.500. The number of methoxy groups -OCH3 is 1. The van der Waals surface area contributed by atoms with Crippen molar-refractivity contribution in [2.24, 2.45) is 5.92 Å². The average Bonchev–Trinajstić information content (AvgIpc) is 2.45. The smallest absolute Gasteiger partial charge is 0.322 e. The van der Waals surface area contributed by atoms with E-state index in [1.807, 2.05) is 0 Å². The third kappa shape index (κ3) is 4.21. The standard InChI is InChI=1S/C14H20BrNO5S/c1-5-8(2)13(14(17)18)16-22(19,20)12-7-10(15)9(3)6-11(12)21-4/h6-8,13,16H,5H2,1-4H3,(H,17,18)/t8-,13-/m0/s1. The first-order valence-electron chi connectivity index (χ1n) is 6.73. The number of rotatable bonds is 7. The summed E-state index contributed by atoms with van der Waals surface area (Å²) in [5.74, 6) is -1.38. The van der Waals surface area contributed by atoms with Gasteiger partial charge >= 0.3 is 5.97 Å². The Hall–Kier alpha value is -1.12. The maximum atomic E-state index is 12.5. The lowest BCUT2D eigenvalue weighted by molar-refractivity contribution is -0.140. The van der Waals surface area contributed by atoms with Crippen LogP contribution in [0.2, 0.25) is 0 Å². The fourth-order valence-corrected chi connectivity index (χ4v) is 3.85. The number of sulfonamides is 1. The van der Waals surface area contributed by atoms with E-state index in [1.165, 1.54) is 13.2 Å². The molecule has 1 rings (SSSR count). The summed E-state index contributed by atoms with van der Waals surface area (Å²) in [5, 5.41) is 9.24. The molecule has 6 nitrogen and oxygen atoms in total. The Labute approximate surface area is 139 Å². The number of halogens is 1. The second-order valence-electron chi connectivity index (χ2n) is 5.07. The van der Waals surface area contributed by atoms with Gasteiger partial charge in [-0.3, -0.25) is 4.79 Å². The van der Waals surface area contributed by atoms with Gasteiger partial charge in [-0.2, -0.15) is 4.72 Å². The first-order valence-corrected chi connectivity index (χ1v) is 9.00. The normalized spacial score (nSPS) is 14.4. The van der Waals surface area contributed by atoms with Gasteiger partial charge in [0.1, 0.15) is 16.7 Å². The van der Waals surface area contributed by atoms with Crippen LogP contribution in [0.3, 0.4) is 0 Å². The van der Waals surface area contributed by atoms with Gasteiger partial charge in [0.15, 0.2) is 0 Å². The fourth-order valence-electron chi connectivity index (χ4n) is 1.88. The summed E-state index contributed by atoms with van der Waals surface area (Å²) in [6.45, 7) is 5.29. The Balaban J connectivity index is 3.29. The van der Waals surface area contributed by atoms with E-state index in [0.717, 1.165) is 5.56 Å². The van der Waals surface area contributed by atoms with Gasteiger partial charge < -0.3 is 9.84 Å². The molecule has 0 aliphatic rings. The first kappa shape index (κ1) is 18.9. The van der Waals surface area contributed by atoms with Crippen molar-refractivity contribution in [2.45, 2.75) is 38.1 Å². The SMILES string of the molecule is CC[C@H](C)[C@H](NS(=O)(=O)c1cc(Br)c(C)cc1OC)C(=O)O. The van der Waals surface area contributed by atoms with Crippen molar-refractivity contribution in [3.8, 4) is 5.75 Å². The summed E-state index contributed by atoms with van der Waals surface area (Å²) in [4.78, 5) is 11.2. The topological polar surface area (TPSA) is 92.7 Å². The van der Waals surface area contributed by atoms with E-state index >= 15 is 0 Å². The van der Waals surface area contributed by atoms with E-state index in [-0.39, 0.29) is 16.6 Å². The molecule has 0 fully saturated rings. The van der Waals surface area contributed by atoms with Gasteiger partial charge in [-0.05, 0) is 30.5 Å². The van der Waals surface area contributed by atoms with Crippen LogP contribution in [0.4, 0.5) is 0 Å². The number of hydrogen-bond donors (Lipinski definition) is 2. The molecule has 0 bridgehead atoms. The minimum Gasteiger partial charge on any atom is -0.495 e. The van der Waals surface area contributed by atoms with Crippen molar-refractivity contribution < 1.29 is 23.1 Å². The van der Waals surface area contributed by atoms with Gasteiger partial charge in [0.25, 0.3) is 0 Å². The predicted octanol–water partition coefficient (Wildman–Crippen LogP) is 2.54. The van der Waals surface area contributed by atoms with Gasteiger partial charge in [0.2, 0.25) is 10.0 Å². The number of nitrogens with one attached hydrogen (secondary N) is 1. The molecule has 2 N–H and O–H groups in total. The summed E-state index contributed by atoms with van der Waals surface area (Å²) >= 11 is 3.28. The quantitative estimate of drug-likeness (QED) is 0.742. The third-order valence-electron chi connectivity index (χ3n) is 3.50. The van der Waals surface area contributed by atoms with Crippen molar-refractivity contribution in [3.05, 3.63) is 22.2 Å². The second kappa shape index (κ2) is 7.43. The van der Waals surface area contributed by atoms with E-state index in [9.17, 15) is 18.3 Å². The van der Waals surface area contributed by atoms with Gasteiger partial charge in [-0.25, -0.2) is 8.42 Å².